The minimum absolute atomic E-state index is 0.0999. The predicted molar refractivity (Wildman–Crippen MR) is 79.5 cm³/mol. The molecule has 1 fully saturated rings. The molecule has 0 spiro atoms. The Labute approximate surface area is 129 Å². The highest BCUT2D eigenvalue weighted by atomic mass is 35.5. The first-order chi connectivity index (χ1) is 9.79. The van der Waals surface area contributed by atoms with Gasteiger partial charge in [0.25, 0.3) is 5.91 Å². The van der Waals surface area contributed by atoms with Crippen molar-refractivity contribution in [1.82, 2.24) is 4.90 Å². The number of β-amino-alcohol motifs (C(OH)–C–C–N with tert-alkyl or cyclic N) is 1. The quantitative estimate of drug-likeness (QED) is 0.884. The first kappa shape index (κ1) is 16.1. The van der Waals surface area contributed by atoms with E-state index in [0.717, 1.165) is 5.56 Å². The van der Waals surface area contributed by atoms with Crippen LogP contribution in [0.15, 0.2) is 18.2 Å². The molecule has 0 radical (unpaired) electrons. The van der Waals surface area contributed by atoms with Crippen LogP contribution in [0.1, 0.15) is 18.9 Å². The Morgan fingerprint density at radius 2 is 2.29 bits per heavy atom. The van der Waals surface area contributed by atoms with Crippen LogP contribution >= 0.6 is 11.6 Å². The molecule has 116 valence electrons. The molecule has 1 amide bonds. The van der Waals surface area contributed by atoms with Gasteiger partial charge in [0, 0.05) is 18.1 Å². The van der Waals surface area contributed by atoms with Crippen LogP contribution in [0.3, 0.4) is 0 Å². The lowest BCUT2D eigenvalue weighted by atomic mass is 9.91. The fourth-order valence-electron chi connectivity index (χ4n) is 2.26. The second-order valence-corrected chi connectivity index (χ2v) is 6.10. The van der Waals surface area contributed by atoms with Crippen LogP contribution in [-0.4, -0.2) is 52.4 Å². The maximum Gasteiger partial charge on any atom is 0.260 e. The SMILES string of the molecule is Cc1cc(Cl)ccc1OCC(=O)N1CC[C@@](C)(O)[C@@H](O)C1. The van der Waals surface area contributed by atoms with E-state index in [1.165, 1.54) is 4.90 Å². The van der Waals surface area contributed by atoms with Crippen LogP contribution in [0.5, 0.6) is 5.75 Å². The van der Waals surface area contributed by atoms with Crippen LogP contribution in [-0.2, 0) is 4.79 Å². The first-order valence-electron chi connectivity index (χ1n) is 6.87. The minimum Gasteiger partial charge on any atom is -0.483 e. The largest absolute Gasteiger partial charge is 0.483 e. The lowest BCUT2D eigenvalue weighted by Gasteiger charge is -2.39. The third-order valence-electron chi connectivity index (χ3n) is 3.84. The summed E-state index contributed by atoms with van der Waals surface area (Å²) in [6, 6.07) is 5.19. The number of piperidine rings is 1. The molecule has 1 aliphatic heterocycles. The number of aliphatic hydroxyl groups excluding tert-OH is 1. The third kappa shape index (κ3) is 3.87. The van der Waals surface area contributed by atoms with E-state index in [-0.39, 0.29) is 19.1 Å². The lowest BCUT2D eigenvalue weighted by molar-refractivity contribution is -0.148. The number of ether oxygens (including phenoxy) is 1. The molecule has 0 unspecified atom stereocenters. The molecule has 21 heavy (non-hydrogen) atoms. The molecule has 0 bridgehead atoms. The van der Waals surface area contributed by atoms with Crippen molar-refractivity contribution < 1.29 is 19.7 Å². The fraction of sp³-hybridized carbons (Fsp3) is 0.533. The summed E-state index contributed by atoms with van der Waals surface area (Å²) < 4.78 is 5.50. The van der Waals surface area contributed by atoms with E-state index >= 15 is 0 Å². The van der Waals surface area contributed by atoms with Gasteiger partial charge in [-0.05, 0) is 44.0 Å². The van der Waals surface area contributed by atoms with Crippen molar-refractivity contribution in [3.05, 3.63) is 28.8 Å². The Morgan fingerprint density at radius 1 is 1.57 bits per heavy atom. The van der Waals surface area contributed by atoms with E-state index in [1.54, 1.807) is 25.1 Å². The zero-order valence-corrected chi connectivity index (χ0v) is 12.9. The summed E-state index contributed by atoms with van der Waals surface area (Å²) in [5.74, 6) is 0.399. The van der Waals surface area contributed by atoms with Gasteiger partial charge in [-0.15, -0.1) is 0 Å². The summed E-state index contributed by atoms with van der Waals surface area (Å²) in [7, 11) is 0. The van der Waals surface area contributed by atoms with Gasteiger partial charge in [-0.2, -0.15) is 0 Å². The second-order valence-electron chi connectivity index (χ2n) is 5.66. The molecule has 2 rings (SSSR count). The lowest BCUT2D eigenvalue weighted by Crippen LogP contribution is -2.56. The molecule has 1 aromatic rings. The van der Waals surface area contributed by atoms with Gasteiger partial charge in [0.05, 0.1) is 11.7 Å². The highest BCUT2D eigenvalue weighted by Gasteiger charge is 2.37. The fourth-order valence-corrected chi connectivity index (χ4v) is 2.48. The normalized spacial score (nSPS) is 25.8. The number of benzene rings is 1. The highest BCUT2D eigenvalue weighted by molar-refractivity contribution is 6.30. The number of rotatable bonds is 3. The Kier molecular flexibility index (Phi) is 4.76. The number of hydrogen-bond donors (Lipinski definition) is 2. The number of halogens is 1. The Bertz CT molecular complexity index is 532. The maximum atomic E-state index is 12.1. The first-order valence-corrected chi connectivity index (χ1v) is 7.24. The van der Waals surface area contributed by atoms with Gasteiger partial charge in [-0.3, -0.25) is 4.79 Å². The van der Waals surface area contributed by atoms with Crippen molar-refractivity contribution in [2.75, 3.05) is 19.7 Å². The molecular weight excluding hydrogens is 294 g/mol. The Balaban J connectivity index is 1.90. The van der Waals surface area contributed by atoms with Crippen molar-refractivity contribution in [1.29, 1.82) is 0 Å². The summed E-state index contributed by atoms with van der Waals surface area (Å²) in [6.07, 6.45) is -0.590. The van der Waals surface area contributed by atoms with E-state index < -0.39 is 11.7 Å². The molecule has 1 aromatic carbocycles. The van der Waals surface area contributed by atoms with Crippen LogP contribution in [0.2, 0.25) is 5.02 Å². The highest BCUT2D eigenvalue weighted by Crippen LogP contribution is 2.23. The van der Waals surface area contributed by atoms with Crippen LogP contribution in [0.25, 0.3) is 0 Å². The standard InChI is InChI=1S/C15H20ClNO4/c1-10-7-11(16)3-4-12(10)21-9-14(19)17-6-5-15(2,20)13(18)8-17/h3-4,7,13,18,20H,5-6,8-9H2,1-2H3/t13-,15+/m0/s1. The van der Waals surface area contributed by atoms with Gasteiger partial charge >= 0.3 is 0 Å². The van der Waals surface area contributed by atoms with E-state index in [2.05, 4.69) is 0 Å². The van der Waals surface area contributed by atoms with E-state index in [1.807, 2.05) is 6.92 Å². The van der Waals surface area contributed by atoms with Crippen molar-refractivity contribution in [3.8, 4) is 5.75 Å². The van der Waals surface area contributed by atoms with Gasteiger partial charge in [0.1, 0.15) is 5.75 Å². The number of aliphatic hydroxyl groups is 2. The van der Waals surface area contributed by atoms with Crippen LogP contribution in [0.4, 0.5) is 0 Å². The average molecular weight is 314 g/mol. The molecule has 0 aromatic heterocycles. The molecule has 2 atom stereocenters. The number of likely N-dealkylation sites (tertiary alicyclic amines) is 1. The number of nitrogens with zero attached hydrogens (tertiary/aromatic N) is 1. The van der Waals surface area contributed by atoms with Crippen molar-refractivity contribution in [2.24, 2.45) is 0 Å². The zero-order chi connectivity index (χ0) is 15.6. The maximum absolute atomic E-state index is 12.1. The molecule has 1 heterocycles. The van der Waals surface area contributed by atoms with Gasteiger partial charge in [0.15, 0.2) is 6.61 Å². The predicted octanol–water partition coefficient (Wildman–Crippen LogP) is 1.37. The van der Waals surface area contributed by atoms with Crippen LogP contribution in [0, 0.1) is 6.92 Å². The smallest absolute Gasteiger partial charge is 0.260 e. The van der Waals surface area contributed by atoms with Crippen molar-refractivity contribution >= 4 is 17.5 Å². The third-order valence-corrected chi connectivity index (χ3v) is 4.07. The summed E-state index contributed by atoms with van der Waals surface area (Å²) in [5.41, 5.74) is -0.276. The minimum atomic E-state index is -1.13. The summed E-state index contributed by atoms with van der Waals surface area (Å²) in [6.45, 7) is 3.86. The van der Waals surface area contributed by atoms with Gasteiger partial charge < -0.3 is 19.8 Å². The van der Waals surface area contributed by atoms with E-state index in [9.17, 15) is 15.0 Å². The molecule has 5 nitrogen and oxygen atoms in total. The van der Waals surface area contributed by atoms with E-state index in [4.69, 9.17) is 16.3 Å². The molecule has 0 saturated carbocycles. The zero-order valence-electron chi connectivity index (χ0n) is 12.2. The Hall–Kier alpha value is -1.30. The Morgan fingerprint density at radius 3 is 2.90 bits per heavy atom. The number of carbonyl (C=O) groups is 1. The molecule has 6 heteroatoms. The molecular formula is C15H20ClNO4. The van der Waals surface area contributed by atoms with Crippen molar-refractivity contribution in [2.45, 2.75) is 32.0 Å². The van der Waals surface area contributed by atoms with Crippen LogP contribution < -0.4 is 4.74 Å². The summed E-state index contributed by atoms with van der Waals surface area (Å²) in [4.78, 5) is 13.6. The van der Waals surface area contributed by atoms with Gasteiger partial charge in [-0.25, -0.2) is 0 Å². The number of hydrogen-bond acceptors (Lipinski definition) is 4. The van der Waals surface area contributed by atoms with Gasteiger partial charge in [-0.1, -0.05) is 11.6 Å². The topological polar surface area (TPSA) is 70.0 Å². The second kappa shape index (κ2) is 6.22. The molecule has 0 aliphatic carbocycles. The number of carbonyl (C=O) groups excluding carboxylic acids is 1. The number of aryl methyl sites for hydroxylation is 1. The molecule has 2 N–H and O–H groups in total. The van der Waals surface area contributed by atoms with E-state index in [0.29, 0.717) is 23.7 Å². The summed E-state index contributed by atoms with van der Waals surface area (Å²) >= 11 is 5.86. The molecule has 1 saturated heterocycles. The summed E-state index contributed by atoms with van der Waals surface area (Å²) in [5, 5.41) is 20.3. The van der Waals surface area contributed by atoms with Crippen molar-refractivity contribution in [3.63, 3.8) is 0 Å². The van der Waals surface area contributed by atoms with Gasteiger partial charge in [0.2, 0.25) is 0 Å². The molecule has 1 aliphatic rings. The monoisotopic (exact) mass is 313 g/mol. The average Bonchev–Trinajstić information content (AvgIpc) is 2.40. The number of amides is 1.